The maximum absolute atomic E-state index is 3.36. The molecule has 1 aromatic heterocycles. The minimum atomic E-state index is 1.20. The van der Waals surface area contributed by atoms with Gasteiger partial charge in [-0.3, -0.25) is 0 Å². The molecule has 0 aliphatic rings. The summed E-state index contributed by atoms with van der Waals surface area (Å²) >= 11 is 0. The fourth-order valence-corrected chi connectivity index (χ4v) is 3.79. The number of allylic oxidation sites excluding steroid dienone is 1. The molecule has 0 amide bonds. The molecule has 148 valence electrons. The Balaban J connectivity index is 0.000000755. The normalized spacial score (nSPS) is 10.4. The van der Waals surface area contributed by atoms with Gasteiger partial charge in [-0.05, 0) is 75.2 Å². The van der Waals surface area contributed by atoms with E-state index in [1.165, 1.54) is 44.8 Å². The number of hydrogen-bond acceptors (Lipinski definition) is 1. The number of rotatable bonds is 3. The van der Waals surface area contributed by atoms with E-state index in [0.717, 1.165) is 0 Å². The van der Waals surface area contributed by atoms with Crippen LogP contribution in [0.25, 0.3) is 16.6 Å². The van der Waals surface area contributed by atoms with E-state index in [1.807, 2.05) is 6.92 Å². The van der Waals surface area contributed by atoms with Crippen LogP contribution in [0.2, 0.25) is 0 Å². The Labute approximate surface area is 174 Å². The summed E-state index contributed by atoms with van der Waals surface area (Å²) in [6.07, 6.45) is 1.75. The highest BCUT2D eigenvalue weighted by Gasteiger charge is 2.14. The molecule has 2 nitrogen and oxygen atoms in total. The van der Waals surface area contributed by atoms with Crippen molar-refractivity contribution in [2.75, 3.05) is 11.9 Å². The monoisotopic (exact) mass is 382 g/mol. The van der Waals surface area contributed by atoms with Crippen molar-refractivity contribution >= 4 is 22.3 Å². The third-order valence-corrected chi connectivity index (χ3v) is 5.15. The Kier molecular flexibility index (Phi) is 6.23. The van der Waals surface area contributed by atoms with Crippen LogP contribution in [0.3, 0.4) is 0 Å². The van der Waals surface area contributed by atoms with Gasteiger partial charge in [0, 0.05) is 35.2 Å². The number of nitrogens with zero attached hydrogens (tertiary/aromatic N) is 2. The fourth-order valence-electron chi connectivity index (χ4n) is 3.79. The Bertz CT molecular complexity index is 1120. The largest absolute Gasteiger partial charge is 0.344 e. The minimum Gasteiger partial charge on any atom is -0.344 e. The lowest BCUT2D eigenvalue weighted by Crippen LogP contribution is -2.12. The molecule has 0 radical (unpaired) electrons. The molecule has 0 spiro atoms. The average molecular weight is 383 g/mol. The van der Waals surface area contributed by atoms with Gasteiger partial charge in [0.25, 0.3) is 0 Å². The molecule has 2 heteroatoms. The van der Waals surface area contributed by atoms with Crippen LogP contribution in [0.1, 0.15) is 23.7 Å². The van der Waals surface area contributed by atoms with Crippen LogP contribution in [0.5, 0.6) is 0 Å². The average Bonchev–Trinajstić information content (AvgIpc) is 3.06. The van der Waals surface area contributed by atoms with E-state index >= 15 is 0 Å². The van der Waals surface area contributed by atoms with Crippen LogP contribution in [-0.2, 0) is 0 Å². The number of aromatic nitrogens is 1. The topological polar surface area (TPSA) is 8.17 Å². The molecule has 0 fully saturated rings. The van der Waals surface area contributed by atoms with Gasteiger partial charge in [-0.25, -0.2) is 0 Å². The van der Waals surface area contributed by atoms with Gasteiger partial charge < -0.3 is 9.47 Å². The first-order valence-electron chi connectivity index (χ1n) is 10.0. The van der Waals surface area contributed by atoms with Crippen molar-refractivity contribution in [2.24, 2.45) is 0 Å². The smallest absolute Gasteiger partial charge is 0.0531 e. The van der Waals surface area contributed by atoms with Crippen molar-refractivity contribution in [3.8, 4) is 5.69 Å². The van der Waals surface area contributed by atoms with Crippen LogP contribution >= 0.6 is 0 Å². The molecule has 0 saturated heterocycles. The summed E-state index contributed by atoms with van der Waals surface area (Å²) in [6.45, 7) is 11.8. The molecule has 4 aromatic rings. The lowest BCUT2D eigenvalue weighted by molar-refractivity contribution is 1.03. The number of anilines is 2. The second kappa shape index (κ2) is 8.83. The van der Waals surface area contributed by atoms with Crippen LogP contribution < -0.4 is 4.90 Å². The molecule has 1 heterocycles. The third-order valence-electron chi connectivity index (χ3n) is 5.15. The van der Waals surface area contributed by atoms with E-state index in [4.69, 9.17) is 0 Å². The van der Waals surface area contributed by atoms with Crippen LogP contribution in [0.15, 0.2) is 85.5 Å². The second-order valence-electron chi connectivity index (χ2n) is 7.41. The summed E-state index contributed by atoms with van der Waals surface area (Å²) in [5, 5.41) is 1.28. The number of benzene rings is 3. The number of fused-ring (bicyclic) bond motifs is 1. The molecule has 0 unspecified atom stereocenters. The molecule has 29 heavy (non-hydrogen) atoms. The van der Waals surface area contributed by atoms with Crippen molar-refractivity contribution in [3.05, 3.63) is 102 Å². The predicted octanol–water partition coefficient (Wildman–Crippen LogP) is 7.52. The molecule has 0 aliphatic carbocycles. The van der Waals surface area contributed by atoms with Gasteiger partial charge >= 0.3 is 0 Å². The molecule has 0 atom stereocenters. The van der Waals surface area contributed by atoms with Gasteiger partial charge in [-0.2, -0.15) is 0 Å². The van der Waals surface area contributed by atoms with E-state index < -0.39 is 0 Å². The van der Waals surface area contributed by atoms with Gasteiger partial charge in [0.2, 0.25) is 0 Å². The first kappa shape index (κ1) is 20.5. The molecular weight excluding hydrogens is 352 g/mol. The van der Waals surface area contributed by atoms with Crippen molar-refractivity contribution in [1.29, 1.82) is 0 Å². The molecule has 4 rings (SSSR count). The van der Waals surface area contributed by atoms with Gasteiger partial charge in [0.1, 0.15) is 0 Å². The van der Waals surface area contributed by atoms with Crippen molar-refractivity contribution in [2.45, 2.75) is 27.7 Å². The highest BCUT2D eigenvalue weighted by molar-refractivity contribution is 5.84. The summed E-state index contributed by atoms with van der Waals surface area (Å²) in [5.41, 5.74) is 8.77. The summed E-state index contributed by atoms with van der Waals surface area (Å²) in [5.74, 6) is 0. The Morgan fingerprint density at radius 3 is 2.14 bits per heavy atom. The summed E-state index contributed by atoms with van der Waals surface area (Å²) in [4.78, 5) is 2.26. The minimum absolute atomic E-state index is 1.20. The summed E-state index contributed by atoms with van der Waals surface area (Å²) in [7, 11) is 2.13. The first-order chi connectivity index (χ1) is 14.0. The molecule has 3 aromatic carbocycles. The van der Waals surface area contributed by atoms with E-state index in [2.05, 4.69) is 117 Å². The van der Waals surface area contributed by atoms with E-state index in [1.54, 1.807) is 6.08 Å². The van der Waals surface area contributed by atoms with Crippen molar-refractivity contribution < 1.29 is 0 Å². The number of aryl methyl sites for hydroxylation is 3. The van der Waals surface area contributed by atoms with Gasteiger partial charge in [-0.1, -0.05) is 42.5 Å². The Morgan fingerprint density at radius 1 is 0.828 bits per heavy atom. The highest BCUT2D eigenvalue weighted by atomic mass is 15.1. The van der Waals surface area contributed by atoms with Crippen LogP contribution in [0.4, 0.5) is 11.4 Å². The predicted molar refractivity (Wildman–Crippen MR) is 128 cm³/mol. The summed E-state index contributed by atoms with van der Waals surface area (Å²) in [6, 6.07) is 26.0. The fraction of sp³-hybridized carbons (Fsp3) is 0.185. The van der Waals surface area contributed by atoms with E-state index in [0.29, 0.717) is 0 Å². The second-order valence-corrected chi connectivity index (χ2v) is 7.41. The lowest BCUT2D eigenvalue weighted by atomic mass is 10.1. The molecule has 0 N–H and O–H groups in total. The quantitative estimate of drug-likeness (QED) is 0.333. The van der Waals surface area contributed by atoms with Gasteiger partial charge in [0.05, 0.1) is 5.52 Å². The zero-order chi connectivity index (χ0) is 21.0. The third kappa shape index (κ3) is 4.12. The van der Waals surface area contributed by atoms with Crippen molar-refractivity contribution in [1.82, 2.24) is 4.57 Å². The molecule has 0 saturated carbocycles. The van der Waals surface area contributed by atoms with Crippen LogP contribution in [0, 0.1) is 20.8 Å². The maximum atomic E-state index is 3.36. The lowest BCUT2D eigenvalue weighted by Gasteiger charge is -2.24. The Hall–Kier alpha value is -3.26. The molecule has 0 aliphatic heterocycles. The number of hydrogen-bond donors (Lipinski definition) is 0. The zero-order valence-electron chi connectivity index (χ0n) is 18.1. The SMILES string of the molecule is C=CC.Cc1cc(-n2c(C)cc3ccccc32)c(C)cc1N(C)c1ccccc1. The highest BCUT2D eigenvalue weighted by Crippen LogP contribution is 2.33. The molecule has 0 bridgehead atoms. The van der Waals surface area contributed by atoms with E-state index in [-0.39, 0.29) is 0 Å². The number of para-hydroxylation sites is 2. The zero-order valence-corrected chi connectivity index (χ0v) is 18.1. The standard InChI is InChI=1S/C24H24N2.C3H6/c1-17-15-24(26-19(3)16-20-10-8-9-13-22(20)26)18(2)14-23(17)25(4)21-11-6-5-7-12-21;1-3-2/h5-16H,1-4H3;3H,1H2,2H3. The Morgan fingerprint density at radius 2 is 1.45 bits per heavy atom. The van der Waals surface area contributed by atoms with Gasteiger partial charge in [0.15, 0.2) is 0 Å². The van der Waals surface area contributed by atoms with Crippen LogP contribution in [-0.4, -0.2) is 11.6 Å². The van der Waals surface area contributed by atoms with Gasteiger partial charge in [-0.15, -0.1) is 6.58 Å². The first-order valence-corrected chi connectivity index (χ1v) is 10.0. The van der Waals surface area contributed by atoms with E-state index in [9.17, 15) is 0 Å². The maximum Gasteiger partial charge on any atom is 0.0531 e. The molecular formula is C27H30N2. The summed E-state index contributed by atoms with van der Waals surface area (Å²) < 4.78 is 2.37. The van der Waals surface area contributed by atoms with Crippen molar-refractivity contribution in [3.63, 3.8) is 0 Å².